The van der Waals surface area contributed by atoms with Gasteiger partial charge in [-0.3, -0.25) is 0 Å². The monoisotopic (exact) mass is 1220 g/mol. The molecule has 0 spiro atoms. The molecule has 8 aromatic carbocycles. The summed E-state index contributed by atoms with van der Waals surface area (Å²) in [4.78, 5) is 0. The van der Waals surface area contributed by atoms with Gasteiger partial charge in [0.1, 0.15) is 5.75 Å². The van der Waals surface area contributed by atoms with Gasteiger partial charge in [0.05, 0.1) is 55.2 Å². The standard InChI is InChI=1S/C71H60N4O9.4H3N.2H2O/c1-43-9-10-54(41-63(43)79-5)69-74-72-67(83-69)46-19-30-58(31-20-46)71(56-26-15-44(16-27-56)48-11-13-50(37-48)52-23-34-60(76-2)64(39-52)80-6,57-28-17-45(18-29-57)49-12-14-51(38-49)53-24-35-61(77-3)65(40-53)81-7)59-32-21-47(22-33-59)68-73-75-70(84-68)55-25-36-62(78-4)66(42-55)82-8;;;;;;/h9-36,39-42H,37-38H2,1-8H3;4*1H3;2*1H2. The van der Waals surface area contributed by atoms with Gasteiger partial charge in [-0.25, -0.2) is 0 Å². The Bertz CT molecular complexity index is 4080. The first-order valence-corrected chi connectivity index (χ1v) is 27.4. The molecule has 0 aliphatic heterocycles. The van der Waals surface area contributed by atoms with Crippen LogP contribution in [0.5, 0.6) is 40.2 Å². The SMILES string of the molecule is COc1cc(-c2nnc(-c3ccc(C(c4ccc(C5=CC=C(c6ccc(OC)c(OC)c6)C5)cc4)(c4ccc(C5=CC=C(c6ccc(OC)c(OC)c6)C5)cc4)c4ccc(-c5nnc(-c6ccc(OC)c(OC)c6)o5)cc4)cc3)o2)ccc1C.N.N.N.N.O.O. The lowest BCUT2D eigenvalue weighted by Crippen LogP contribution is -2.31. The quantitative estimate of drug-likeness (QED) is 0.0546. The maximum absolute atomic E-state index is 6.37. The van der Waals surface area contributed by atoms with Crippen LogP contribution in [0, 0.1) is 6.92 Å². The molecule has 10 aromatic rings. The fraction of sp³-hybridized carbons (Fsp3) is 0.155. The van der Waals surface area contributed by atoms with Gasteiger partial charge in [0, 0.05) is 22.3 Å². The minimum atomic E-state index is -0.896. The van der Waals surface area contributed by atoms with Crippen LogP contribution in [0.1, 0.15) is 62.9 Å². The Balaban J connectivity index is 0.00000215. The van der Waals surface area contributed by atoms with E-state index in [2.05, 4.69) is 142 Å². The number of hydrogen-bond acceptors (Lipinski definition) is 17. The zero-order chi connectivity index (χ0) is 57.9. The van der Waals surface area contributed by atoms with Gasteiger partial charge in [0.15, 0.2) is 34.5 Å². The van der Waals surface area contributed by atoms with Crippen LogP contribution < -0.4 is 57.8 Å². The van der Waals surface area contributed by atoms with Gasteiger partial charge >= 0.3 is 0 Å². The normalized spacial score (nSPS) is 12.1. The molecule has 12 rings (SSSR count). The molecular formula is C71H76N8O11. The third kappa shape index (κ3) is 12.8. The number of nitrogens with zero attached hydrogens (tertiary/aromatic N) is 4. The number of methoxy groups -OCH3 is 7. The molecule has 19 heteroatoms. The minimum Gasteiger partial charge on any atom is -0.496 e. The molecule has 0 saturated carbocycles. The highest BCUT2D eigenvalue weighted by atomic mass is 16.5. The molecule has 466 valence electrons. The van der Waals surface area contributed by atoms with Crippen LogP contribution >= 0.6 is 0 Å². The molecule has 2 aliphatic carbocycles. The first kappa shape index (κ1) is 68.5. The predicted molar refractivity (Wildman–Crippen MR) is 354 cm³/mol. The third-order valence-electron chi connectivity index (χ3n) is 15.9. The summed E-state index contributed by atoms with van der Waals surface area (Å²) in [6.07, 6.45) is 10.3. The Labute approximate surface area is 523 Å². The Kier molecular flexibility index (Phi) is 22.3. The van der Waals surface area contributed by atoms with Gasteiger partial charge in [-0.2, -0.15) is 0 Å². The Hall–Kier alpha value is -10.6. The fourth-order valence-corrected chi connectivity index (χ4v) is 11.3. The molecule has 16 N–H and O–H groups in total. The topological polar surface area (TPSA) is 345 Å². The Morgan fingerprint density at radius 3 is 0.856 bits per heavy atom. The van der Waals surface area contributed by atoms with E-state index in [0.717, 1.165) is 85.4 Å². The maximum atomic E-state index is 6.37. The summed E-state index contributed by atoms with van der Waals surface area (Å²) >= 11 is 0. The van der Waals surface area contributed by atoms with Crippen LogP contribution in [0.15, 0.2) is 203 Å². The minimum absolute atomic E-state index is 0. The van der Waals surface area contributed by atoms with E-state index in [1.807, 2.05) is 79.7 Å². The summed E-state index contributed by atoms with van der Waals surface area (Å²) in [7, 11) is 11.5. The lowest BCUT2D eigenvalue weighted by Gasteiger charge is -2.37. The number of hydrogen-bond donors (Lipinski definition) is 4. The van der Waals surface area contributed by atoms with Crippen LogP contribution in [-0.2, 0) is 5.41 Å². The number of benzene rings is 8. The van der Waals surface area contributed by atoms with Crippen molar-refractivity contribution in [2.45, 2.75) is 25.2 Å². The highest BCUT2D eigenvalue weighted by molar-refractivity contribution is 5.89. The van der Waals surface area contributed by atoms with E-state index in [0.29, 0.717) is 63.6 Å². The van der Waals surface area contributed by atoms with E-state index in [1.54, 1.807) is 49.8 Å². The van der Waals surface area contributed by atoms with Crippen LogP contribution in [0.2, 0.25) is 0 Å². The second-order valence-electron chi connectivity index (χ2n) is 20.4. The average Bonchev–Trinajstić information content (AvgIpc) is 0.888. The largest absolute Gasteiger partial charge is 0.496 e. The summed E-state index contributed by atoms with van der Waals surface area (Å²) < 4.78 is 51.8. The molecule has 0 amide bonds. The van der Waals surface area contributed by atoms with Crippen molar-refractivity contribution in [1.29, 1.82) is 0 Å². The van der Waals surface area contributed by atoms with Crippen molar-refractivity contribution in [3.63, 3.8) is 0 Å². The van der Waals surface area contributed by atoms with Crippen molar-refractivity contribution >= 4 is 22.3 Å². The summed E-state index contributed by atoms with van der Waals surface area (Å²) in [5.41, 5.74) is 16.4. The molecule has 0 atom stereocenters. The second-order valence-corrected chi connectivity index (χ2v) is 20.4. The van der Waals surface area contributed by atoms with Crippen molar-refractivity contribution in [1.82, 2.24) is 45.0 Å². The molecule has 90 heavy (non-hydrogen) atoms. The number of aromatic nitrogens is 4. The second kappa shape index (κ2) is 29.4. The van der Waals surface area contributed by atoms with Crippen molar-refractivity contribution in [3.8, 4) is 86.1 Å². The molecular weight excluding hydrogens is 1140 g/mol. The first-order chi connectivity index (χ1) is 41.1. The van der Waals surface area contributed by atoms with Crippen molar-refractivity contribution < 1.29 is 52.9 Å². The van der Waals surface area contributed by atoms with Crippen molar-refractivity contribution in [2.24, 2.45) is 0 Å². The van der Waals surface area contributed by atoms with Gasteiger partial charge < -0.3 is 77.5 Å². The highest BCUT2D eigenvalue weighted by Crippen LogP contribution is 2.48. The van der Waals surface area contributed by atoms with Gasteiger partial charge in [0.25, 0.3) is 0 Å². The van der Waals surface area contributed by atoms with E-state index in [4.69, 9.17) is 42.0 Å². The lowest BCUT2D eigenvalue weighted by atomic mass is 9.64. The zero-order valence-corrected chi connectivity index (χ0v) is 51.7. The Morgan fingerprint density at radius 2 is 0.533 bits per heavy atom. The molecule has 0 saturated heterocycles. The molecule has 0 bridgehead atoms. The molecule has 0 radical (unpaired) electrons. The van der Waals surface area contributed by atoms with E-state index in [-0.39, 0.29) is 35.6 Å². The predicted octanol–water partition coefficient (Wildman–Crippen LogP) is 14.6. The number of allylic oxidation sites excluding steroid dienone is 8. The fourth-order valence-electron chi connectivity index (χ4n) is 11.3. The number of aryl methyl sites for hydroxylation is 1. The van der Waals surface area contributed by atoms with Crippen LogP contribution in [0.4, 0.5) is 0 Å². The van der Waals surface area contributed by atoms with Gasteiger partial charge in [-0.15, -0.1) is 20.4 Å². The van der Waals surface area contributed by atoms with Crippen LogP contribution in [0.3, 0.4) is 0 Å². The lowest BCUT2D eigenvalue weighted by molar-refractivity contribution is 0.355. The summed E-state index contributed by atoms with van der Waals surface area (Å²) in [6.45, 7) is 2.00. The third-order valence-corrected chi connectivity index (χ3v) is 15.9. The smallest absolute Gasteiger partial charge is 0.248 e. The van der Waals surface area contributed by atoms with Crippen LogP contribution in [-0.4, -0.2) is 81.1 Å². The average molecular weight is 1220 g/mol. The first-order valence-electron chi connectivity index (χ1n) is 27.4. The van der Waals surface area contributed by atoms with Crippen LogP contribution in [0.25, 0.3) is 68.1 Å². The maximum Gasteiger partial charge on any atom is 0.248 e. The summed E-state index contributed by atoms with van der Waals surface area (Å²) in [6, 6.07) is 58.3. The van der Waals surface area contributed by atoms with Gasteiger partial charge in [-0.05, 0) is 171 Å². The van der Waals surface area contributed by atoms with Crippen molar-refractivity contribution in [3.05, 3.63) is 244 Å². The van der Waals surface area contributed by atoms with E-state index >= 15 is 0 Å². The van der Waals surface area contributed by atoms with Crippen molar-refractivity contribution in [2.75, 3.05) is 49.8 Å². The summed E-state index contributed by atoms with van der Waals surface area (Å²) in [5.74, 6) is 6.17. The molecule has 2 aliphatic rings. The molecule has 2 heterocycles. The molecule has 19 nitrogen and oxygen atoms in total. The zero-order valence-electron chi connectivity index (χ0n) is 51.7. The Morgan fingerprint density at radius 1 is 0.289 bits per heavy atom. The van der Waals surface area contributed by atoms with E-state index in [1.165, 1.54) is 22.3 Å². The molecule has 0 unspecified atom stereocenters. The van der Waals surface area contributed by atoms with E-state index < -0.39 is 5.41 Å². The molecule has 2 aromatic heterocycles. The number of rotatable bonds is 19. The van der Waals surface area contributed by atoms with Gasteiger partial charge in [-0.1, -0.05) is 115 Å². The molecule has 0 fully saturated rings. The highest BCUT2D eigenvalue weighted by Gasteiger charge is 2.39. The van der Waals surface area contributed by atoms with E-state index in [9.17, 15) is 0 Å². The summed E-state index contributed by atoms with van der Waals surface area (Å²) in [5, 5.41) is 18.0. The number of ether oxygens (including phenoxy) is 7. The van der Waals surface area contributed by atoms with Gasteiger partial charge in [0.2, 0.25) is 23.6 Å².